The fourth-order valence-electron chi connectivity index (χ4n) is 3.13. The van der Waals surface area contributed by atoms with Crippen molar-refractivity contribution in [2.75, 3.05) is 24.9 Å². The van der Waals surface area contributed by atoms with E-state index in [0.29, 0.717) is 11.1 Å². The second kappa shape index (κ2) is 12.5. The number of rotatable bonds is 6. The predicted molar refractivity (Wildman–Crippen MR) is 134 cm³/mol. The third kappa shape index (κ3) is 7.26. The molecule has 3 N–H and O–H groups in total. The van der Waals surface area contributed by atoms with Gasteiger partial charge < -0.3 is 20.1 Å². The Bertz CT molecular complexity index is 1280. The van der Waals surface area contributed by atoms with Crippen LogP contribution in [-0.4, -0.2) is 44.1 Å². The van der Waals surface area contributed by atoms with E-state index in [1.54, 1.807) is 36.4 Å². The van der Waals surface area contributed by atoms with Crippen molar-refractivity contribution in [1.82, 2.24) is 5.32 Å². The zero-order chi connectivity index (χ0) is 25.9. The minimum Gasteiger partial charge on any atom is -0.453 e. The smallest absolute Gasteiger partial charge is 0.436 e. The molecule has 10 nitrogen and oxygen atoms in total. The third-order valence-corrected chi connectivity index (χ3v) is 4.84. The van der Waals surface area contributed by atoms with E-state index in [4.69, 9.17) is 0 Å². The molecule has 0 bridgehead atoms. The lowest BCUT2D eigenvalue weighted by molar-refractivity contribution is -0.115. The van der Waals surface area contributed by atoms with E-state index in [-0.39, 0.29) is 35.4 Å². The highest BCUT2D eigenvalue weighted by atomic mass is 16.5. The van der Waals surface area contributed by atoms with E-state index in [2.05, 4.69) is 30.4 Å². The Morgan fingerprint density at radius 1 is 0.750 bits per heavy atom. The number of guanidine groups is 1. The Labute approximate surface area is 207 Å². The first kappa shape index (κ1) is 25.6. The largest absolute Gasteiger partial charge is 0.453 e. The molecule has 0 heterocycles. The van der Waals surface area contributed by atoms with Gasteiger partial charge >= 0.3 is 12.2 Å². The van der Waals surface area contributed by atoms with Crippen LogP contribution < -0.4 is 16.0 Å². The monoisotopic (exact) mass is 488 g/mol. The Balaban J connectivity index is 1.96. The summed E-state index contributed by atoms with van der Waals surface area (Å²) in [6, 6.07) is 22.3. The summed E-state index contributed by atoms with van der Waals surface area (Å²) in [5, 5.41) is 7.80. The van der Waals surface area contributed by atoms with Gasteiger partial charge in [0.25, 0.3) is 0 Å². The molecule has 10 heteroatoms. The van der Waals surface area contributed by atoms with Gasteiger partial charge in [0.15, 0.2) is 5.78 Å². The maximum absolute atomic E-state index is 13.0. The maximum Gasteiger partial charge on any atom is 0.436 e. The first-order valence-corrected chi connectivity index (χ1v) is 10.8. The van der Waals surface area contributed by atoms with Crippen molar-refractivity contribution in [3.8, 4) is 0 Å². The second-order valence-corrected chi connectivity index (χ2v) is 7.34. The molecule has 0 saturated heterocycles. The molecule has 3 aromatic carbocycles. The van der Waals surface area contributed by atoms with Gasteiger partial charge in [-0.05, 0) is 23.8 Å². The number of anilines is 2. The number of nitrogens with one attached hydrogen (secondary N) is 3. The molecule has 3 aromatic rings. The molecule has 0 aliphatic heterocycles. The molecular weight excluding hydrogens is 464 g/mol. The van der Waals surface area contributed by atoms with Gasteiger partial charge in [-0.2, -0.15) is 0 Å². The maximum atomic E-state index is 13.0. The number of hydrogen-bond acceptors (Lipinski definition) is 6. The molecule has 0 fully saturated rings. The number of amides is 3. The van der Waals surface area contributed by atoms with Crippen molar-refractivity contribution >= 4 is 41.2 Å². The Morgan fingerprint density at radius 3 is 2.06 bits per heavy atom. The lowest BCUT2D eigenvalue weighted by atomic mass is 10.0. The van der Waals surface area contributed by atoms with E-state index in [9.17, 15) is 19.2 Å². The average Bonchev–Trinajstić information content (AvgIpc) is 2.90. The van der Waals surface area contributed by atoms with Gasteiger partial charge in [0.05, 0.1) is 32.0 Å². The molecule has 0 aliphatic carbocycles. The standard InChI is InChI=1S/C26H24N4O6/c1-35-25(33)29-24(30-26(34)36-2)28-21-16-19(23(32)18-11-7-4-8-12-18)13-14-20(21)27-22(31)15-17-9-5-3-6-10-17/h3-14,16H,15H2,1-2H3,(H,27,31)(H2,28,29,30,33,34). The highest BCUT2D eigenvalue weighted by Crippen LogP contribution is 2.25. The molecule has 0 saturated carbocycles. The number of benzene rings is 3. The van der Waals surface area contributed by atoms with Crippen LogP contribution in [0.4, 0.5) is 21.0 Å². The quantitative estimate of drug-likeness (QED) is 0.271. The number of hydrogen-bond donors (Lipinski definition) is 3. The minimum absolute atomic E-state index is 0.106. The SMILES string of the molecule is COC(=O)/N=C(/NC(=O)OC)Nc1cc(C(=O)c2ccccc2)ccc1NC(=O)Cc1ccccc1. The van der Waals surface area contributed by atoms with Crippen LogP contribution in [-0.2, 0) is 20.7 Å². The van der Waals surface area contributed by atoms with Gasteiger partial charge in [0.2, 0.25) is 11.9 Å². The third-order valence-electron chi connectivity index (χ3n) is 4.84. The van der Waals surface area contributed by atoms with Gasteiger partial charge in [-0.25, -0.2) is 9.59 Å². The molecule has 0 spiro atoms. The van der Waals surface area contributed by atoms with Gasteiger partial charge in [0, 0.05) is 11.1 Å². The van der Waals surface area contributed by atoms with Gasteiger partial charge in [-0.1, -0.05) is 60.7 Å². The van der Waals surface area contributed by atoms with Crippen molar-refractivity contribution in [2.24, 2.45) is 4.99 Å². The van der Waals surface area contributed by atoms with Crippen molar-refractivity contribution in [2.45, 2.75) is 6.42 Å². The van der Waals surface area contributed by atoms with Crippen LogP contribution in [0.1, 0.15) is 21.5 Å². The zero-order valence-corrected chi connectivity index (χ0v) is 19.6. The van der Waals surface area contributed by atoms with E-state index in [1.165, 1.54) is 12.1 Å². The van der Waals surface area contributed by atoms with Gasteiger partial charge in [0.1, 0.15) is 0 Å². The number of carbonyl (C=O) groups excluding carboxylic acids is 4. The normalized spacial score (nSPS) is 10.7. The zero-order valence-electron chi connectivity index (χ0n) is 19.6. The van der Waals surface area contributed by atoms with Gasteiger partial charge in [-0.15, -0.1) is 4.99 Å². The van der Waals surface area contributed by atoms with Crippen LogP contribution in [0.2, 0.25) is 0 Å². The van der Waals surface area contributed by atoms with Crippen molar-refractivity contribution in [3.05, 3.63) is 95.6 Å². The molecule has 36 heavy (non-hydrogen) atoms. The summed E-state index contributed by atoms with van der Waals surface area (Å²) in [5.74, 6) is -0.927. The Kier molecular flexibility index (Phi) is 8.88. The van der Waals surface area contributed by atoms with Crippen LogP contribution in [0.15, 0.2) is 83.9 Å². The summed E-state index contributed by atoms with van der Waals surface area (Å²) in [4.78, 5) is 52.9. The van der Waals surface area contributed by atoms with Crippen LogP contribution in [0.25, 0.3) is 0 Å². The van der Waals surface area contributed by atoms with Gasteiger partial charge in [-0.3, -0.25) is 14.9 Å². The number of aliphatic imine (C=N–C) groups is 1. The van der Waals surface area contributed by atoms with E-state index < -0.39 is 12.2 Å². The lowest BCUT2D eigenvalue weighted by Crippen LogP contribution is -2.37. The summed E-state index contributed by atoms with van der Waals surface area (Å²) in [6.07, 6.45) is -1.80. The molecule has 0 unspecified atom stereocenters. The van der Waals surface area contributed by atoms with Crippen molar-refractivity contribution < 1.29 is 28.7 Å². The predicted octanol–water partition coefficient (Wildman–Crippen LogP) is 3.99. The van der Waals surface area contributed by atoms with Crippen LogP contribution in [0, 0.1) is 0 Å². The molecule has 0 atom stereocenters. The summed E-state index contributed by atoms with van der Waals surface area (Å²) in [7, 11) is 2.26. The van der Waals surface area contributed by atoms with Crippen molar-refractivity contribution in [3.63, 3.8) is 0 Å². The summed E-state index contributed by atoms with van der Waals surface area (Å²) in [6.45, 7) is 0. The van der Waals surface area contributed by atoms with Crippen LogP contribution in [0.5, 0.6) is 0 Å². The topological polar surface area (TPSA) is 135 Å². The second-order valence-electron chi connectivity index (χ2n) is 7.34. The van der Waals surface area contributed by atoms with Crippen molar-refractivity contribution in [1.29, 1.82) is 0 Å². The van der Waals surface area contributed by atoms with Crippen LogP contribution >= 0.6 is 0 Å². The average molecular weight is 489 g/mol. The fraction of sp³-hybridized carbons (Fsp3) is 0.115. The van der Waals surface area contributed by atoms with E-state index in [0.717, 1.165) is 19.8 Å². The Morgan fingerprint density at radius 2 is 1.42 bits per heavy atom. The first-order chi connectivity index (χ1) is 17.4. The number of ketones is 1. The fourth-order valence-corrected chi connectivity index (χ4v) is 3.13. The van der Waals surface area contributed by atoms with E-state index >= 15 is 0 Å². The molecule has 3 amide bonds. The lowest BCUT2D eigenvalue weighted by Gasteiger charge is -2.16. The number of nitrogens with zero attached hydrogens (tertiary/aromatic N) is 1. The number of methoxy groups -OCH3 is 2. The summed E-state index contributed by atoms with van der Waals surface area (Å²) < 4.78 is 9.10. The number of carbonyl (C=O) groups is 4. The molecule has 3 rings (SSSR count). The first-order valence-electron chi connectivity index (χ1n) is 10.8. The highest BCUT2D eigenvalue weighted by Gasteiger charge is 2.17. The minimum atomic E-state index is -1.000. The molecule has 0 aromatic heterocycles. The van der Waals surface area contributed by atoms with E-state index in [1.807, 2.05) is 30.3 Å². The van der Waals surface area contributed by atoms with Crippen LogP contribution in [0.3, 0.4) is 0 Å². The molecule has 0 radical (unpaired) electrons. The number of ether oxygens (including phenoxy) is 2. The summed E-state index contributed by atoms with van der Waals surface area (Å²) >= 11 is 0. The molecular formula is C26H24N4O6. The summed E-state index contributed by atoms with van der Waals surface area (Å²) in [5.41, 5.74) is 2.03. The molecule has 0 aliphatic rings. The highest BCUT2D eigenvalue weighted by molar-refractivity contribution is 6.12. The number of alkyl carbamates (subject to hydrolysis) is 1. The molecule has 184 valence electrons. The Hall–Kier alpha value is -4.99.